The molecule has 1 aliphatic heterocycles. The SMILES string of the molecule is CCOCCCN1C(=O)C(C)(CC)NC1C(C)C. The van der Waals surface area contributed by atoms with Gasteiger partial charge in [-0.1, -0.05) is 20.8 Å². The Kier molecular flexibility index (Phi) is 5.60. The van der Waals surface area contributed by atoms with Crippen LogP contribution in [0.4, 0.5) is 0 Å². The molecule has 2 atom stereocenters. The van der Waals surface area contributed by atoms with Crippen molar-refractivity contribution in [2.45, 2.75) is 59.2 Å². The first-order valence-corrected chi connectivity index (χ1v) is 7.12. The van der Waals surface area contributed by atoms with Crippen molar-refractivity contribution in [3.8, 4) is 0 Å². The highest BCUT2D eigenvalue weighted by atomic mass is 16.5. The van der Waals surface area contributed by atoms with Crippen LogP contribution in [-0.2, 0) is 9.53 Å². The molecule has 0 aromatic carbocycles. The van der Waals surface area contributed by atoms with Crippen molar-refractivity contribution in [3.63, 3.8) is 0 Å². The summed E-state index contributed by atoms with van der Waals surface area (Å²) in [7, 11) is 0. The van der Waals surface area contributed by atoms with Crippen molar-refractivity contribution in [2.75, 3.05) is 19.8 Å². The second kappa shape index (κ2) is 6.53. The zero-order valence-corrected chi connectivity index (χ0v) is 12.5. The third kappa shape index (κ3) is 3.23. The van der Waals surface area contributed by atoms with E-state index in [2.05, 4.69) is 26.1 Å². The molecule has 4 heteroatoms. The molecular weight excluding hydrogens is 228 g/mol. The van der Waals surface area contributed by atoms with Crippen LogP contribution in [0.2, 0.25) is 0 Å². The number of nitrogens with zero attached hydrogens (tertiary/aromatic N) is 1. The molecule has 1 saturated heterocycles. The van der Waals surface area contributed by atoms with Gasteiger partial charge in [-0.15, -0.1) is 0 Å². The van der Waals surface area contributed by atoms with Crippen LogP contribution in [0.5, 0.6) is 0 Å². The molecule has 1 amide bonds. The predicted octanol–water partition coefficient (Wildman–Crippen LogP) is 2.00. The highest BCUT2D eigenvalue weighted by Crippen LogP contribution is 2.27. The standard InChI is InChI=1S/C14H28N2O2/c1-6-14(5)13(17)16(9-8-10-18-7-2)12(15-14)11(3)4/h11-12,15H,6-10H2,1-5H3. The lowest BCUT2D eigenvalue weighted by atomic mass is 9.99. The highest BCUT2D eigenvalue weighted by molar-refractivity contribution is 5.88. The summed E-state index contributed by atoms with van der Waals surface area (Å²) in [6.07, 6.45) is 1.89. The van der Waals surface area contributed by atoms with Crippen LogP contribution in [-0.4, -0.2) is 42.3 Å². The first-order valence-electron chi connectivity index (χ1n) is 7.12. The molecule has 0 spiro atoms. The lowest BCUT2D eigenvalue weighted by molar-refractivity contribution is -0.133. The van der Waals surface area contributed by atoms with E-state index in [1.807, 2.05) is 18.7 Å². The minimum Gasteiger partial charge on any atom is -0.382 e. The van der Waals surface area contributed by atoms with E-state index in [0.717, 1.165) is 32.6 Å². The number of nitrogens with one attached hydrogen (secondary N) is 1. The van der Waals surface area contributed by atoms with Gasteiger partial charge in [-0.05, 0) is 32.6 Å². The van der Waals surface area contributed by atoms with E-state index in [1.165, 1.54) is 0 Å². The van der Waals surface area contributed by atoms with E-state index in [0.29, 0.717) is 5.92 Å². The molecule has 0 aliphatic carbocycles. The van der Waals surface area contributed by atoms with Crippen LogP contribution in [0.15, 0.2) is 0 Å². The molecular formula is C14H28N2O2. The topological polar surface area (TPSA) is 41.6 Å². The molecule has 18 heavy (non-hydrogen) atoms. The fraction of sp³-hybridized carbons (Fsp3) is 0.929. The van der Waals surface area contributed by atoms with Gasteiger partial charge >= 0.3 is 0 Å². The van der Waals surface area contributed by atoms with Crippen molar-refractivity contribution in [3.05, 3.63) is 0 Å². The number of rotatable bonds is 7. The molecule has 0 radical (unpaired) electrons. The summed E-state index contributed by atoms with van der Waals surface area (Å²) in [5.41, 5.74) is -0.388. The lowest BCUT2D eigenvalue weighted by Gasteiger charge is -2.27. The normalized spacial score (nSPS) is 28.4. The van der Waals surface area contributed by atoms with Crippen molar-refractivity contribution in [2.24, 2.45) is 5.92 Å². The van der Waals surface area contributed by atoms with E-state index in [9.17, 15) is 4.79 Å². The highest BCUT2D eigenvalue weighted by Gasteiger charge is 2.47. The summed E-state index contributed by atoms with van der Waals surface area (Å²) in [5, 5.41) is 3.49. The maximum Gasteiger partial charge on any atom is 0.243 e. The van der Waals surface area contributed by atoms with Crippen molar-refractivity contribution >= 4 is 5.91 Å². The zero-order chi connectivity index (χ0) is 13.8. The molecule has 2 unspecified atom stereocenters. The van der Waals surface area contributed by atoms with Gasteiger partial charge in [-0.25, -0.2) is 0 Å². The van der Waals surface area contributed by atoms with Gasteiger partial charge in [0, 0.05) is 19.8 Å². The summed E-state index contributed by atoms with van der Waals surface area (Å²) < 4.78 is 5.34. The Bertz CT molecular complexity index is 281. The van der Waals surface area contributed by atoms with Gasteiger partial charge in [0.15, 0.2) is 0 Å². The molecule has 1 rings (SSSR count). The van der Waals surface area contributed by atoms with Crippen molar-refractivity contribution in [1.29, 1.82) is 0 Å². The first kappa shape index (κ1) is 15.4. The van der Waals surface area contributed by atoms with E-state index in [-0.39, 0.29) is 17.6 Å². The van der Waals surface area contributed by atoms with E-state index >= 15 is 0 Å². The molecule has 1 aliphatic rings. The molecule has 1 fully saturated rings. The molecule has 106 valence electrons. The fourth-order valence-corrected chi connectivity index (χ4v) is 2.41. The Morgan fingerprint density at radius 1 is 1.44 bits per heavy atom. The quantitative estimate of drug-likeness (QED) is 0.708. The monoisotopic (exact) mass is 256 g/mol. The van der Waals surface area contributed by atoms with Crippen LogP contribution in [0.1, 0.15) is 47.5 Å². The number of hydrogen-bond acceptors (Lipinski definition) is 3. The summed E-state index contributed by atoms with van der Waals surface area (Å²) in [4.78, 5) is 14.5. The maximum absolute atomic E-state index is 12.5. The van der Waals surface area contributed by atoms with Gasteiger partial charge in [0.2, 0.25) is 5.91 Å². The molecule has 4 nitrogen and oxygen atoms in total. The second-order valence-electron chi connectivity index (χ2n) is 5.57. The molecule has 0 aromatic rings. The van der Waals surface area contributed by atoms with E-state index in [4.69, 9.17) is 4.74 Å². The fourth-order valence-electron chi connectivity index (χ4n) is 2.41. The number of carbonyl (C=O) groups excluding carboxylic acids is 1. The second-order valence-corrected chi connectivity index (χ2v) is 5.57. The number of hydrogen-bond donors (Lipinski definition) is 1. The van der Waals surface area contributed by atoms with Gasteiger partial charge in [-0.3, -0.25) is 10.1 Å². The third-order valence-electron chi connectivity index (χ3n) is 3.77. The zero-order valence-electron chi connectivity index (χ0n) is 12.5. The van der Waals surface area contributed by atoms with Gasteiger partial charge in [0.25, 0.3) is 0 Å². The Balaban J connectivity index is 2.64. The van der Waals surface area contributed by atoms with Crippen molar-refractivity contribution < 1.29 is 9.53 Å². The van der Waals surface area contributed by atoms with Gasteiger partial charge in [-0.2, -0.15) is 0 Å². The summed E-state index contributed by atoms with van der Waals surface area (Å²) in [6, 6.07) is 0. The molecule has 0 saturated carbocycles. The van der Waals surface area contributed by atoms with Gasteiger partial charge < -0.3 is 9.64 Å². The van der Waals surface area contributed by atoms with Crippen LogP contribution in [0.3, 0.4) is 0 Å². The first-order chi connectivity index (χ1) is 8.46. The Labute approximate surface area is 111 Å². The van der Waals surface area contributed by atoms with E-state index < -0.39 is 0 Å². The summed E-state index contributed by atoms with van der Waals surface area (Å²) in [5.74, 6) is 0.662. The van der Waals surface area contributed by atoms with Gasteiger partial charge in [0.05, 0.1) is 11.7 Å². The third-order valence-corrected chi connectivity index (χ3v) is 3.77. The molecule has 1 heterocycles. The van der Waals surface area contributed by atoms with E-state index in [1.54, 1.807) is 0 Å². The number of ether oxygens (including phenoxy) is 1. The minimum absolute atomic E-state index is 0.157. The summed E-state index contributed by atoms with van der Waals surface area (Å²) >= 11 is 0. The number of amides is 1. The maximum atomic E-state index is 12.5. The average molecular weight is 256 g/mol. The largest absolute Gasteiger partial charge is 0.382 e. The lowest BCUT2D eigenvalue weighted by Crippen LogP contribution is -2.45. The summed E-state index contributed by atoms with van der Waals surface area (Å²) in [6.45, 7) is 12.6. The van der Waals surface area contributed by atoms with Crippen molar-refractivity contribution in [1.82, 2.24) is 10.2 Å². The average Bonchev–Trinajstić information content (AvgIpc) is 2.60. The Morgan fingerprint density at radius 2 is 2.11 bits per heavy atom. The molecule has 1 N–H and O–H groups in total. The smallest absolute Gasteiger partial charge is 0.243 e. The van der Waals surface area contributed by atoms with Crippen LogP contribution in [0, 0.1) is 5.92 Å². The Morgan fingerprint density at radius 3 is 2.61 bits per heavy atom. The number of carbonyl (C=O) groups is 1. The van der Waals surface area contributed by atoms with Crippen LogP contribution in [0.25, 0.3) is 0 Å². The van der Waals surface area contributed by atoms with Gasteiger partial charge in [0.1, 0.15) is 0 Å². The molecule has 0 aromatic heterocycles. The molecule has 0 bridgehead atoms. The Hall–Kier alpha value is -0.610. The predicted molar refractivity (Wildman–Crippen MR) is 73.3 cm³/mol. The minimum atomic E-state index is -0.388. The van der Waals surface area contributed by atoms with Crippen LogP contribution >= 0.6 is 0 Å². The van der Waals surface area contributed by atoms with Crippen LogP contribution < -0.4 is 5.32 Å².